The summed E-state index contributed by atoms with van der Waals surface area (Å²) in [5.41, 5.74) is 1.08. The molecule has 0 bridgehead atoms. The number of aryl methyl sites for hydroxylation is 1. The first-order valence-corrected chi connectivity index (χ1v) is 11.7. The van der Waals surface area contributed by atoms with E-state index >= 15 is 0 Å². The molecule has 0 amide bonds. The minimum absolute atomic E-state index is 0.104. The number of hydrogen-bond donors (Lipinski definition) is 1. The lowest BCUT2D eigenvalue weighted by molar-refractivity contribution is 0.156. The van der Waals surface area contributed by atoms with Gasteiger partial charge in [-0.2, -0.15) is 20.2 Å². The van der Waals surface area contributed by atoms with Gasteiger partial charge in [-0.25, -0.2) is 13.4 Å². The van der Waals surface area contributed by atoms with Crippen molar-refractivity contribution in [2.24, 2.45) is 0 Å². The van der Waals surface area contributed by atoms with Gasteiger partial charge in [0.2, 0.25) is 20.9 Å². The summed E-state index contributed by atoms with van der Waals surface area (Å²) in [6, 6.07) is 1.90. The van der Waals surface area contributed by atoms with Gasteiger partial charge in [-0.15, -0.1) is 5.10 Å². The molecular weight excluding hydrogens is 394 g/mol. The van der Waals surface area contributed by atoms with E-state index in [0.717, 1.165) is 10.4 Å². The third-order valence-electron chi connectivity index (χ3n) is 4.52. The Morgan fingerprint density at radius 2 is 2.00 bits per heavy atom. The lowest BCUT2D eigenvalue weighted by Crippen LogP contribution is -2.49. The van der Waals surface area contributed by atoms with Crippen LogP contribution in [0.4, 0.5) is 0 Å². The zero-order valence-electron chi connectivity index (χ0n) is 14.4. The van der Waals surface area contributed by atoms with Gasteiger partial charge in [-0.1, -0.05) is 11.3 Å². The Kier molecular flexibility index (Phi) is 4.51. The zero-order valence-corrected chi connectivity index (χ0v) is 16.8. The average Bonchev–Trinajstić information content (AvgIpc) is 3.28. The smallest absolute Gasteiger partial charge is 0.230 e. The van der Waals surface area contributed by atoms with Crippen LogP contribution in [0.2, 0.25) is 0 Å². The number of sulfonamides is 1. The minimum atomic E-state index is -3.18. The maximum Gasteiger partial charge on any atom is 0.230 e. The number of rotatable bonds is 4. The second-order valence-electron chi connectivity index (χ2n) is 6.30. The van der Waals surface area contributed by atoms with E-state index < -0.39 is 10.0 Å². The molecule has 26 heavy (non-hydrogen) atoms. The predicted octanol–water partition coefficient (Wildman–Crippen LogP) is 1.53. The molecule has 0 unspecified atom stereocenters. The van der Waals surface area contributed by atoms with E-state index in [1.54, 1.807) is 18.3 Å². The summed E-state index contributed by atoms with van der Waals surface area (Å²) < 4.78 is 26.5. The molecule has 0 spiro atoms. The summed E-state index contributed by atoms with van der Waals surface area (Å²) >= 11 is 3.02. The molecule has 11 heteroatoms. The van der Waals surface area contributed by atoms with E-state index in [2.05, 4.69) is 20.4 Å². The van der Waals surface area contributed by atoms with Crippen molar-refractivity contribution in [2.45, 2.75) is 13.0 Å². The molecule has 140 valence electrons. The van der Waals surface area contributed by atoms with Crippen molar-refractivity contribution in [1.29, 1.82) is 0 Å². The van der Waals surface area contributed by atoms with E-state index in [1.165, 1.54) is 26.4 Å². The van der Waals surface area contributed by atoms with Crippen molar-refractivity contribution < 1.29 is 13.5 Å². The van der Waals surface area contributed by atoms with E-state index in [1.807, 2.05) is 11.4 Å². The van der Waals surface area contributed by atoms with Crippen LogP contribution in [0.3, 0.4) is 0 Å². The molecule has 0 aliphatic carbocycles. The maximum atomic E-state index is 11.8. The number of aromatic hydroxyl groups is 1. The fourth-order valence-electron chi connectivity index (χ4n) is 3.28. The SMILES string of the molecule is Cc1nc2sc([C@@H](c3ccsc3)N3CCN(S(C)(=O)=O)CC3)c(O)n2n1. The van der Waals surface area contributed by atoms with Crippen LogP contribution in [-0.2, 0) is 10.0 Å². The summed E-state index contributed by atoms with van der Waals surface area (Å²) in [4.78, 5) is 8.01. The summed E-state index contributed by atoms with van der Waals surface area (Å²) in [5, 5.41) is 19.0. The third-order valence-corrected chi connectivity index (χ3v) is 7.60. The third kappa shape index (κ3) is 3.14. The molecule has 1 atom stereocenters. The van der Waals surface area contributed by atoms with Crippen molar-refractivity contribution in [1.82, 2.24) is 23.8 Å². The normalized spacial score (nSPS) is 18.5. The lowest BCUT2D eigenvalue weighted by Gasteiger charge is -2.37. The monoisotopic (exact) mass is 413 g/mol. The average molecular weight is 414 g/mol. The van der Waals surface area contributed by atoms with Crippen LogP contribution in [0.1, 0.15) is 22.3 Å². The number of thiazole rings is 1. The summed E-state index contributed by atoms with van der Waals surface area (Å²) in [6.45, 7) is 3.87. The van der Waals surface area contributed by atoms with Crippen molar-refractivity contribution in [3.05, 3.63) is 33.1 Å². The molecule has 1 saturated heterocycles. The molecule has 0 aromatic carbocycles. The van der Waals surface area contributed by atoms with Gasteiger partial charge >= 0.3 is 0 Å². The highest BCUT2D eigenvalue weighted by molar-refractivity contribution is 7.88. The number of thiophene rings is 1. The van der Waals surface area contributed by atoms with Crippen LogP contribution >= 0.6 is 22.7 Å². The molecule has 8 nitrogen and oxygen atoms in total. The van der Waals surface area contributed by atoms with Gasteiger partial charge in [-0.3, -0.25) is 4.90 Å². The van der Waals surface area contributed by atoms with E-state index in [-0.39, 0.29) is 11.9 Å². The second kappa shape index (κ2) is 6.57. The van der Waals surface area contributed by atoms with Gasteiger partial charge in [0.25, 0.3) is 0 Å². The van der Waals surface area contributed by atoms with E-state index in [9.17, 15) is 13.5 Å². The molecule has 3 aromatic heterocycles. The molecule has 1 N–H and O–H groups in total. The standard InChI is InChI=1S/C15H19N5O3S3/c1-10-16-15-20(17-10)14(21)13(25-15)12(11-3-8-24-9-11)18-4-6-19(7-5-18)26(2,22)23/h3,8-9,12,21H,4-7H2,1-2H3/t12-/m1/s1. The van der Waals surface area contributed by atoms with Crippen LogP contribution in [0.5, 0.6) is 5.88 Å². The molecule has 0 radical (unpaired) electrons. The fraction of sp³-hybridized carbons (Fsp3) is 0.467. The van der Waals surface area contributed by atoms with Gasteiger partial charge in [0, 0.05) is 26.2 Å². The van der Waals surface area contributed by atoms with Gasteiger partial charge < -0.3 is 5.11 Å². The quantitative estimate of drug-likeness (QED) is 0.698. The molecule has 0 saturated carbocycles. The Hall–Kier alpha value is -1.53. The summed E-state index contributed by atoms with van der Waals surface area (Å²) in [5.74, 6) is 0.722. The first-order chi connectivity index (χ1) is 12.3. The van der Waals surface area contributed by atoms with Crippen molar-refractivity contribution in [3.63, 3.8) is 0 Å². The van der Waals surface area contributed by atoms with Gasteiger partial charge in [0.05, 0.1) is 17.2 Å². The second-order valence-corrected chi connectivity index (χ2v) is 10.1. The number of hydrogen-bond acceptors (Lipinski definition) is 8. The lowest BCUT2D eigenvalue weighted by atomic mass is 10.1. The Balaban J connectivity index is 1.70. The Labute approximate surface area is 159 Å². The van der Waals surface area contributed by atoms with E-state index in [0.29, 0.717) is 37.0 Å². The number of nitrogens with zero attached hydrogens (tertiary/aromatic N) is 5. The van der Waals surface area contributed by atoms with Crippen LogP contribution in [0, 0.1) is 6.92 Å². The highest BCUT2D eigenvalue weighted by Gasteiger charge is 2.33. The van der Waals surface area contributed by atoms with Crippen molar-refractivity contribution in [2.75, 3.05) is 32.4 Å². The van der Waals surface area contributed by atoms with Crippen LogP contribution < -0.4 is 0 Å². The molecule has 1 aliphatic rings. The zero-order chi connectivity index (χ0) is 18.5. The number of aromatic nitrogens is 3. The molecular formula is C15H19N5O3S3. The molecule has 3 aromatic rings. The van der Waals surface area contributed by atoms with Gasteiger partial charge in [0.15, 0.2) is 0 Å². The first kappa shape index (κ1) is 17.9. The Morgan fingerprint density at radius 1 is 1.27 bits per heavy atom. The number of fused-ring (bicyclic) bond motifs is 1. The highest BCUT2D eigenvalue weighted by Crippen LogP contribution is 2.40. The molecule has 1 aliphatic heterocycles. The topological polar surface area (TPSA) is 91.0 Å². The van der Waals surface area contributed by atoms with Crippen molar-refractivity contribution >= 4 is 37.7 Å². The van der Waals surface area contributed by atoms with Crippen LogP contribution in [0.15, 0.2) is 16.8 Å². The Morgan fingerprint density at radius 3 is 2.58 bits per heavy atom. The highest BCUT2D eigenvalue weighted by atomic mass is 32.2. The first-order valence-electron chi connectivity index (χ1n) is 8.11. The summed E-state index contributed by atoms with van der Waals surface area (Å²) in [7, 11) is -3.18. The van der Waals surface area contributed by atoms with Crippen LogP contribution in [0.25, 0.3) is 4.96 Å². The van der Waals surface area contributed by atoms with Gasteiger partial charge in [-0.05, 0) is 29.3 Å². The minimum Gasteiger partial charge on any atom is -0.492 e. The molecule has 4 heterocycles. The maximum absolute atomic E-state index is 11.8. The fourth-order valence-corrected chi connectivity index (χ4v) is 5.95. The molecule has 4 rings (SSSR count). The molecule has 1 fully saturated rings. The van der Waals surface area contributed by atoms with Crippen LogP contribution in [-0.4, -0.2) is 69.8 Å². The summed E-state index contributed by atoms with van der Waals surface area (Å²) in [6.07, 6.45) is 1.24. The number of piperazine rings is 1. The largest absolute Gasteiger partial charge is 0.492 e. The van der Waals surface area contributed by atoms with E-state index in [4.69, 9.17) is 0 Å². The Bertz CT molecular complexity index is 1020. The predicted molar refractivity (Wildman–Crippen MR) is 101 cm³/mol. The van der Waals surface area contributed by atoms with Gasteiger partial charge in [0.1, 0.15) is 5.82 Å². The van der Waals surface area contributed by atoms with Crippen molar-refractivity contribution in [3.8, 4) is 5.88 Å².